The average Bonchev–Trinajstić information content (AvgIpc) is 2.89. The maximum Gasteiger partial charge on any atom is 0.432 e. The number of benzene rings is 4. The summed E-state index contributed by atoms with van der Waals surface area (Å²) in [6.45, 7) is 3.53. The van der Waals surface area contributed by atoms with Crippen molar-refractivity contribution < 1.29 is 48.6 Å². The lowest BCUT2D eigenvalue weighted by molar-refractivity contribution is -0.189. The van der Waals surface area contributed by atoms with E-state index in [2.05, 4.69) is 23.2 Å². The van der Waals surface area contributed by atoms with Gasteiger partial charge in [0.1, 0.15) is 40.4 Å². The molecule has 0 amide bonds. The fourth-order valence-corrected chi connectivity index (χ4v) is 3.92. The van der Waals surface area contributed by atoms with Gasteiger partial charge in [-0.3, -0.25) is 0 Å². The molecule has 0 aliphatic heterocycles. The summed E-state index contributed by atoms with van der Waals surface area (Å²) < 4.78 is 146. The lowest BCUT2D eigenvalue weighted by Crippen LogP contribution is -2.25. The van der Waals surface area contributed by atoms with Crippen LogP contribution in [0.4, 0.5) is 43.9 Å². The number of rotatable bonds is 7. The van der Waals surface area contributed by atoms with Crippen LogP contribution < -0.4 is 4.74 Å². The van der Waals surface area contributed by atoms with Gasteiger partial charge in [-0.15, -0.1) is 6.58 Å². The first-order chi connectivity index (χ1) is 19.8. The fraction of sp³-hybridized carbons (Fsp3) is 0.0968. The second kappa shape index (κ2) is 12.0. The second-order valence-electron chi connectivity index (χ2n) is 8.84. The largest absolute Gasteiger partial charge is 0.432 e. The molecule has 4 rings (SSSR count). The molecule has 11 heteroatoms. The minimum Gasteiger partial charge on any atom is -0.429 e. The van der Waals surface area contributed by atoms with Gasteiger partial charge in [-0.2, -0.15) is 8.78 Å². The van der Waals surface area contributed by atoms with Crippen LogP contribution in [-0.4, -0.2) is 0 Å². The maximum absolute atomic E-state index is 14.8. The molecule has 0 saturated carbocycles. The van der Waals surface area contributed by atoms with E-state index in [9.17, 15) is 43.9 Å². The van der Waals surface area contributed by atoms with Crippen LogP contribution in [0.25, 0.3) is 11.1 Å². The van der Waals surface area contributed by atoms with Crippen LogP contribution in [-0.2, 0) is 12.5 Å². The Bertz CT molecular complexity index is 1680. The third-order valence-electron chi connectivity index (χ3n) is 5.89. The summed E-state index contributed by atoms with van der Waals surface area (Å²) in [6, 6.07) is 6.03. The third-order valence-corrected chi connectivity index (χ3v) is 5.89. The minimum atomic E-state index is -4.82. The molecule has 1 nitrogen and oxygen atoms in total. The number of ether oxygens (including phenoxy) is 1. The van der Waals surface area contributed by atoms with Gasteiger partial charge in [-0.05, 0) is 60.4 Å². The van der Waals surface area contributed by atoms with Crippen molar-refractivity contribution in [1.82, 2.24) is 0 Å². The van der Waals surface area contributed by atoms with Crippen LogP contribution in [0.15, 0.2) is 67.3 Å². The third kappa shape index (κ3) is 6.43. The molecular weight excluding hydrogens is 578 g/mol. The van der Waals surface area contributed by atoms with Crippen LogP contribution in [0.1, 0.15) is 28.7 Å². The van der Waals surface area contributed by atoms with Gasteiger partial charge in [0.25, 0.3) is 0 Å². The first-order valence-electron chi connectivity index (χ1n) is 11.9. The van der Waals surface area contributed by atoms with Gasteiger partial charge in [-0.1, -0.05) is 24.0 Å². The summed E-state index contributed by atoms with van der Waals surface area (Å²) in [5, 5.41) is 0. The molecular formula is C31H16F10O. The van der Waals surface area contributed by atoms with E-state index in [4.69, 9.17) is 0 Å². The predicted molar refractivity (Wildman–Crippen MR) is 133 cm³/mol. The first-order valence-corrected chi connectivity index (χ1v) is 11.9. The highest BCUT2D eigenvalue weighted by molar-refractivity contribution is 5.66. The van der Waals surface area contributed by atoms with E-state index in [0.717, 1.165) is 24.3 Å². The van der Waals surface area contributed by atoms with Crippen molar-refractivity contribution in [2.45, 2.75) is 19.0 Å². The van der Waals surface area contributed by atoms with Crippen molar-refractivity contribution in [2.24, 2.45) is 0 Å². The van der Waals surface area contributed by atoms with Crippen LogP contribution in [0.5, 0.6) is 5.75 Å². The normalized spacial score (nSPS) is 11.2. The van der Waals surface area contributed by atoms with Crippen molar-refractivity contribution in [3.8, 4) is 28.7 Å². The molecule has 0 aliphatic carbocycles. The first kappa shape index (κ1) is 30.2. The Hall–Kier alpha value is -4.72. The topological polar surface area (TPSA) is 9.23 Å². The molecule has 0 aromatic heterocycles. The highest BCUT2D eigenvalue weighted by Crippen LogP contribution is 2.38. The summed E-state index contributed by atoms with van der Waals surface area (Å²) in [4.78, 5) is 0. The van der Waals surface area contributed by atoms with Crippen LogP contribution in [0.3, 0.4) is 0 Å². The molecule has 0 unspecified atom stereocenters. The summed E-state index contributed by atoms with van der Waals surface area (Å²) >= 11 is 0. The van der Waals surface area contributed by atoms with Crippen LogP contribution in [0, 0.1) is 58.4 Å². The quantitative estimate of drug-likeness (QED) is 0.0898. The van der Waals surface area contributed by atoms with E-state index >= 15 is 0 Å². The van der Waals surface area contributed by atoms with Crippen molar-refractivity contribution >= 4 is 0 Å². The number of aryl methyl sites for hydroxylation is 1. The van der Waals surface area contributed by atoms with E-state index in [0.29, 0.717) is 30.5 Å². The SMILES string of the molecule is C=CCCc1cc(F)c(C#Cc2ccc(-c3cc(F)c(C(F)(F)Oc4cc(F)c(F)c(F)c4)c(F)c3)c(F)c2)c(F)c1. The molecule has 216 valence electrons. The van der Waals surface area contributed by atoms with Crippen LogP contribution in [0.2, 0.25) is 0 Å². The fourth-order valence-electron chi connectivity index (χ4n) is 3.92. The van der Waals surface area contributed by atoms with E-state index in [1.807, 2.05) is 0 Å². The molecule has 0 atom stereocenters. The Balaban J connectivity index is 1.61. The number of halogens is 10. The van der Waals surface area contributed by atoms with Gasteiger partial charge in [0.2, 0.25) is 0 Å². The lowest BCUT2D eigenvalue weighted by Gasteiger charge is -2.20. The van der Waals surface area contributed by atoms with E-state index in [1.165, 1.54) is 6.07 Å². The van der Waals surface area contributed by atoms with Gasteiger partial charge >= 0.3 is 6.11 Å². The van der Waals surface area contributed by atoms with Gasteiger partial charge < -0.3 is 4.74 Å². The molecule has 0 radical (unpaired) electrons. The Morgan fingerprint density at radius 3 is 1.83 bits per heavy atom. The van der Waals surface area contributed by atoms with Gasteiger partial charge in [0.15, 0.2) is 17.5 Å². The highest BCUT2D eigenvalue weighted by atomic mass is 19.3. The molecule has 4 aromatic carbocycles. The zero-order valence-electron chi connectivity index (χ0n) is 21.1. The number of alkyl halides is 2. The van der Waals surface area contributed by atoms with E-state index in [-0.39, 0.29) is 17.7 Å². The van der Waals surface area contributed by atoms with Gasteiger partial charge in [0, 0.05) is 23.3 Å². The smallest absolute Gasteiger partial charge is 0.429 e. The predicted octanol–water partition coefficient (Wildman–Crippen LogP) is 9.11. The standard InChI is InChI=1S/C31H16F10O/c1-2-3-4-17-10-23(33)21(24(34)11-17)8-6-16-5-7-20(22(32)9-16)18-12-25(35)29(26(36)13-18)31(40,41)42-19-14-27(37)30(39)28(38)15-19/h2,5,7,9-15H,1,3-4H2. The number of hydrogen-bond acceptors (Lipinski definition) is 1. The highest BCUT2D eigenvalue weighted by Gasteiger charge is 2.41. The Kier molecular flexibility index (Phi) is 8.66. The Morgan fingerprint density at radius 1 is 0.690 bits per heavy atom. The Labute approximate surface area is 232 Å². The zero-order chi connectivity index (χ0) is 30.8. The second-order valence-corrected chi connectivity index (χ2v) is 8.84. The lowest BCUT2D eigenvalue weighted by atomic mass is 10.00. The monoisotopic (exact) mass is 594 g/mol. The van der Waals surface area contributed by atoms with Crippen LogP contribution >= 0.6 is 0 Å². The number of allylic oxidation sites excluding steroid dienone is 1. The van der Waals surface area contributed by atoms with Crippen molar-refractivity contribution in [2.75, 3.05) is 0 Å². The van der Waals surface area contributed by atoms with E-state index < -0.39 is 80.6 Å². The molecule has 0 heterocycles. The van der Waals surface area contributed by atoms with Gasteiger partial charge in [-0.25, -0.2) is 35.1 Å². The average molecular weight is 594 g/mol. The summed E-state index contributed by atoms with van der Waals surface area (Å²) in [5.41, 5.74) is -3.16. The molecule has 4 aromatic rings. The van der Waals surface area contributed by atoms with Crippen molar-refractivity contribution in [3.05, 3.63) is 136 Å². The summed E-state index contributed by atoms with van der Waals surface area (Å²) in [7, 11) is 0. The minimum absolute atomic E-state index is 0.0541. The molecule has 0 spiro atoms. The van der Waals surface area contributed by atoms with Crippen molar-refractivity contribution in [3.63, 3.8) is 0 Å². The van der Waals surface area contributed by atoms with Gasteiger partial charge in [0.05, 0.1) is 5.56 Å². The number of hydrogen-bond donors (Lipinski definition) is 0. The molecule has 0 fully saturated rings. The molecule has 0 saturated heterocycles. The molecule has 0 aliphatic rings. The zero-order valence-corrected chi connectivity index (χ0v) is 21.1. The van der Waals surface area contributed by atoms with E-state index in [1.54, 1.807) is 6.08 Å². The molecule has 0 bridgehead atoms. The molecule has 0 N–H and O–H groups in total. The summed E-state index contributed by atoms with van der Waals surface area (Å²) in [5.74, 6) is -9.10. The maximum atomic E-state index is 14.8. The summed E-state index contributed by atoms with van der Waals surface area (Å²) in [6.07, 6.45) is -2.37. The Morgan fingerprint density at radius 2 is 1.29 bits per heavy atom. The van der Waals surface area contributed by atoms with Crippen molar-refractivity contribution in [1.29, 1.82) is 0 Å². The molecule has 42 heavy (non-hydrogen) atoms.